The first-order valence-electron chi connectivity index (χ1n) is 4.13. The molecular formula is C9H8N2OS. The molecule has 66 valence electrons. The second-order valence-electron chi connectivity index (χ2n) is 2.96. The Morgan fingerprint density at radius 3 is 3.54 bits per heavy atom. The number of amidine groups is 1. The van der Waals surface area contributed by atoms with E-state index in [0.717, 1.165) is 10.9 Å². The van der Waals surface area contributed by atoms with Crippen LogP contribution in [0.5, 0.6) is 0 Å². The van der Waals surface area contributed by atoms with Crippen molar-refractivity contribution in [1.82, 2.24) is 4.90 Å². The van der Waals surface area contributed by atoms with Crippen molar-refractivity contribution < 1.29 is 4.74 Å². The molecule has 0 bridgehead atoms. The van der Waals surface area contributed by atoms with Gasteiger partial charge in [-0.3, -0.25) is 0 Å². The molecule has 0 fully saturated rings. The molecule has 3 aliphatic heterocycles. The number of rotatable bonds is 0. The maximum absolute atomic E-state index is 5.32. The van der Waals surface area contributed by atoms with E-state index in [1.54, 1.807) is 11.8 Å². The Kier molecular flexibility index (Phi) is 1.57. The summed E-state index contributed by atoms with van der Waals surface area (Å²) in [5.41, 5.74) is 2.25. The molecule has 4 heteroatoms. The van der Waals surface area contributed by atoms with Crippen molar-refractivity contribution in [3.63, 3.8) is 0 Å². The van der Waals surface area contributed by atoms with E-state index in [1.165, 1.54) is 5.57 Å². The van der Waals surface area contributed by atoms with Crippen LogP contribution in [-0.2, 0) is 4.74 Å². The fraction of sp³-hybridized carbons (Fsp3) is 0.222. The fourth-order valence-electron chi connectivity index (χ4n) is 1.47. The summed E-state index contributed by atoms with van der Waals surface area (Å²) in [7, 11) is 0. The van der Waals surface area contributed by atoms with Gasteiger partial charge in [-0.05, 0) is 11.5 Å². The van der Waals surface area contributed by atoms with Gasteiger partial charge in [0.1, 0.15) is 0 Å². The van der Waals surface area contributed by atoms with E-state index in [4.69, 9.17) is 4.74 Å². The molecule has 3 nitrogen and oxygen atoms in total. The number of hydrogen-bond acceptors (Lipinski definition) is 4. The first-order valence-corrected chi connectivity index (χ1v) is 5.01. The maximum Gasteiger partial charge on any atom is 0.176 e. The normalized spacial score (nSPS) is 24.6. The van der Waals surface area contributed by atoms with Crippen LogP contribution in [0.15, 0.2) is 40.1 Å². The Balaban J connectivity index is 2.04. The lowest BCUT2D eigenvalue weighted by Crippen LogP contribution is -2.21. The van der Waals surface area contributed by atoms with Crippen LogP contribution in [0.3, 0.4) is 0 Å². The molecule has 0 atom stereocenters. The van der Waals surface area contributed by atoms with Gasteiger partial charge in [-0.2, -0.15) is 0 Å². The van der Waals surface area contributed by atoms with Crippen LogP contribution in [0, 0.1) is 0 Å². The summed E-state index contributed by atoms with van der Waals surface area (Å²) >= 11 is 1.65. The SMILES string of the molecule is C1=CN2C=C3COCC=C3N=C2S1. The van der Waals surface area contributed by atoms with E-state index in [9.17, 15) is 0 Å². The number of nitrogens with zero attached hydrogens (tertiary/aromatic N) is 2. The predicted octanol–water partition coefficient (Wildman–Crippen LogP) is 1.67. The van der Waals surface area contributed by atoms with Gasteiger partial charge in [-0.15, -0.1) is 0 Å². The van der Waals surface area contributed by atoms with Gasteiger partial charge in [0.05, 0.1) is 18.9 Å². The third-order valence-electron chi connectivity index (χ3n) is 2.11. The van der Waals surface area contributed by atoms with E-state index in [0.29, 0.717) is 13.2 Å². The van der Waals surface area contributed by atoms with E-state index < -0.39 is 0 Å². The van der Waals surface area contributed by atoms with Crippen LogP contribution < -0.4 is 0 Å². The lowest BCUT2D eigenvalue weighted by atomic mass is 10.1. The topological polar surface area (TPSA) is 24.8 Å². The van der Waals surface area contributed by atoms with Crippen molar-refractivity contribution in [3.8, 4) is 0 Å². The van der Waals surface area contributed by atoms with E-state index in [-0.39, 0.29) is 0 Å². The summed E-state index contributed by atoms with van der Waals surface area (Å²) in [6, 6.07) is 0. The number of thioether (sulfide) groups is 1. The van der Waals surface area contributed by atoms with Gasteiger partial charge in [0.25, 0.3) is 0 Å². The molecule has 0 saturated heterocycles. The fourth-order valence-corrected chi connectivity index (χ4v) is 2.17. The molecule has 0 amide bonds. The Bertz CT molecular complexity index is 368. The van der Waals surface area contributed by atoms with Gasteiger partial charge in [-0.1, -0.05) is 11.8 Å². The van der Waals surface area contributed by atoms with Crippen LogP contribution in [0.2, 0.25) is 0 Å². The highest BCUT2D eigenvalue weighted by Gasteiger charge is 2.21. The minimum absolute atomic E-state index is 0.678. The minimum atomic E-state index is 0.678. The number of aliphatic imine (C=N–C) groups is 1. The van der Waals surface area contributed by atoms with Gasteiger partial charge < -0.3 is 9.64 Å². The largest absolute Gasteiger partial charge is 0.372 e. The zero-order valence-electron chi connectivity index (χ0n) is 6.93. The third kappa shape index (κ3) is 1.14. The molecule has 0 aliphatic carbocycles. The molecular weight excluding hydrogens is 184 g/mol. The van der Waals surface area contributed by atoms with Crippen LogP contribution in [0.25, 0.3) is 0 Å². The second-order valence-corrected chi connectivity index (χ2v) is 3.84. The first-order chi connectivity index (χ1) is 6.43. The molecule has 0 aromatic carbocycles. The molecule has 0 saturated carbocycles. The Labute approximate surface area is 80.5 Å². The zero-order valence-corrected chi connectivity index (χ0v) is 7.75. The van der Waals surface area contributed by atoms with Crippen molar-refractivity contribution in [2.75, 3.05) is 13.2 Å². The maximum atomic E-state index is 5.32. The molecule has 0 aromatic heterocycles. The molecule has 3 rings (SSSR count). The van der Waals surface area contributed by atoms with Crippen LogP contribution in [0.4, 0.5) is 0 Å². The molecule has 0 aromatic rings. The molecule has 0 spiro atoms. The predicted molar refractivity (Wildman–Crippen MR) is 53.0 cm³/mol. The molecule has 0 unspecified atom stereocenters. The average molecular weight is 192 g/mol. The lowest BCUT2D eigenvalue weighted by molar-refractivity contribution is 0.178. The van der Waals surface area contributed by atoms with E-state index in [1.807, 2.05) is 22.6 Å². The van der Waals surface area contributed by atoms with Crippen molar-refractivity contribution in [1.29, 1.82) is 0 Å². The Morgan fingerprint density at radius 1 is 1.54 bits per heavy atom. The summed E-state index contributed by atoms with van der Waals surface area (Å²) in [6.07, 6.45) is 6.13. The van der Waals surface area contributed by atoms with Crippen LogP contribution in [-0.4, -0.2) is 23.3 Å². The van der Waals surface area contributed by atoms with Crippen molar-refractivity contribution in [2.45, 2.75) is 0 Å². The summed E-state index contributed by atoms with van der Waals surface area (Å²) < 4.78 is 5.32. The summed E-state index contributed by atoms with van der Waals surface area (Å²) in [4.78, 5) is 6.56. The highest BCUT2D eigenvalue weighted by molar-refractivity contribution is 8.16. The van der Waals surface area contributed by atoms with E-state index >= 15 is 0 Å². The average Bonchev–Trinajstić information content (AvgIpc) is 2.61. The minimum Gasteiger partial charge on any atom is -0.372 e. The molecule has 3 heterocycles. The number of fused-ring (bicyclic) bond motifs is 2. The highest BCUT2D eigenvalue weighted by Crippen LogP contribution is 2.30. The molecule has 3 aliphatic rings. The zero-order chi connectivity index (χ0) is 8.67. The van der Waals surface area contributed by atoms with E-state index in [2.05, 4.69) is 11.2 Å². The molecule has 0 radical (unpaired) electrons. The second kappa shape index (κ2) is 2.75. The molecule has 13 heavy (non-hydrogen) atoms. The van der Waals surface area contributed by atoms with Crippen molar-refractivity contribution >= 4 is 16.9 Å². The Morgan fingerprint density at radius 2 is 2.54 bits per heavy atom. The first kappa shape index (κ1) is 7.41. The quantitative estimate of drug-likeness (QED) is 0.583. The monoisotopic (exact) mass is 192 g/mol. The number of hydrogen-bond donors (Lipinski definition) is 0. The van der Waals surface area contributed by atoms with Crippen molar-refractivity contribution in [3.05, 3.63) is 35.2 Å². The van der Waals surface area contributed by atoms with Crippen molar-refractivity contribution in [2.24, 2.45) is 4.99 Å². The van der Waals surface area contributed by atoms with Gasteiger partial charge in [0, 0.05) is 18.0 Å². The standard InChI is InChI=1S/C9H8N2OS/c1-3-12-6-7-5-11-2-4-13-9(11)10-8(1)7/h1-2,4-5H,3,6H2. The third-order valence-corrected chi connectivity index (χ3v) is 2.88. The number of ether oxygens (including phenoxy) is 1. The Hall–Kier alpha value is -1.00. The summed E-state index contributed by atoms with van der Waals surface area (Å²) in [6.45, 7) is 1.36. The van der Waals surface area contributed by atoms with Gasteiger partial charge in [0.2, 0.25) is 0 Å². The van der Waals surface area contributed by atoms with Gasteiger partial charge >= 0.3 is 0 Å². The lowest BCUT2D eigenvalue weighted by Gasteiger charge is -2.23. The summed E-state index contributed by atoms with van der Waals surface area (Å²) in [5.74, 6) is 0. The van der Waals surface area contributed by atoms with Crippen LogP contribution in [0.1, 0.15) is 0 Å². The van der Waals surface area contributed by atoms with Gasteiger partial charge in [-0.25, -0.2) is 4.99 Å². The summed E-state index contributed by atoms with van der Waals surface area (Å²) in [5, 5.41) is 3.08. The molecule has 0 N–H and O–H groups in total. The van der Waals surface area contributed by atoms with Crippen LogP contribution >= 0.6 is 11.8 Å². The highest BCUT2D eigenvalue weighted by atomic mass is 32.2. The van der Waals surface area contributed by atoms with Gasteiger partial charge in [0.15, 0.2) is 5.17 Å². The smallest absolute Gasteiger partial charge is 0.176 e.